The fraction of sp³-hybridized carbons (Fsp3) is 0.667. The number of benzene rings is 1. The lowest BCUT2D eigenvalue weighted by Gasteiger charge is -2.25. The molecule has 0 bridgehead atoms. The Bertz CT molecular complexity index is 517. The van der Waals surface area contributed by atoms with Gasteiger partial charge in [0.1, 0.15) is 6.10 Å². The van der Waals surface area contributed by atoms with E-state index in [-0.39, 0.29) is 6.10 Å². The van der Waals surface area contributed by atoms with Gasteiger partial charge in [-0.25, -0.2) is 0 Å². The van der Waals surface area contributed by atoms with Crippen LogP contribution in [0.4, 0.5) is 0 Å². The molecular weight excluding hydrogens is 292 g/mol. The molecule has 5 nitrogen and oxygen atoms in total. The molecule has 0 amide bonds. The summed E-state index contributed by atoms with van der Waals surface area (Å²) in [4.78, 5) is 2.38. The standard InChI is InChI=1S/C18H28N2O3/c1-20-12-13(11-19)9-16(20)14-3-4-17(18(10-14)21-2)23-15-5-7-22-8-6-15/h3-4,10,13,15-16H,5-9,11-12,19H2,1-2H3. The summed E-state index contributed by atoms with van der Waals surface area (Å²) < 4.78 is 17.1. The summed E-state index contributed by atoms with van der Waals surface area (Å²) in [5.74, 6) is 2.23. The highest BCUT2D eigenvalue weighted by Gasteiger charge is 2.30. The maximum absolute atomic E-state index is 6.13. The fourth-order valence-electron chi connectivity index (χ4n) is 3.63. The number of likely N-dealkylation sites (tertiary alicyclic amines) is 1. The van der Waals surface area contributed by atoms with Crippen molar-refractivity contribution in [3.63, 3.8) is 0 Å². The van der Waals surface area contributed by atoms with Gasteiger partial charge in [-0.05, 0) is 43.6 Å². The van der Waals surface area contributed by atoms with E-state index in [2.05, 4.69) is 24.1 Å². The summed E-state index contributed by atoms with van der Waals surface area (Å²) in [6.07, 6.45) is 3.21. The smallest absolute Gasteiger partial charge is 0.161 e. The van der Waals surface area contributed by atoms with Crippen LogP contribution in [0.3, 0.4) is 0 Å². The van der Waals surface area contributed by atoms with Crippen molar-refractivity contribution < 1.29 is 14.2 Å². The molecule has 1 aromatic rings. The number of nitrogens with zero attached hydrogens (tertiary/aromatic N) is 1. The van der Waals surface area contributed by atoms with Crippen LogP contribution in [0.2, 0.25) is 0 Å². The van der Waals surface area contributed by atoms with Gasteiger partial charge in [0.25, 0.3) is 0 Å². The average molecular weight is 320 g/mol. The fourth-order valence-corrected chi connectivity index (χ4v) is 3.63. The molecule has 2 saturated heterocycles. The number of nitrogens with two attached hydrogens (primary N) is 1. The summed E-state index contributed by atoms with van der Waals surface area (Å²) in [7, 11) is 3.87. The van der Waals surface area contributed by atoms with Gasteiger partial charge >= 0.3 is 0 Å². The molecule has 0 saturated carbocycles. The molecule has 2 aliphatic heterocycles. The third-order valence-electron chi connectivity index (χ3n) is 5.00. The number of methoxy groups -OCH3 is 1. The van der Waals surface area contributed by atoms with E-state index in [0.29, 0.717) is 12.0 Å². The first-order valence-electron chi connectivity index (χ1n) is 8.54. The Kier molecular flexibility index (Phi) is 5.41. The molecule has 3 rings (SSSR count). The number of hydrogen-bond donors (Lipinski definition) is 1. The molecule has 0 aromatic heterocycles. The van der Waals surface area contributed by atoms with Gasteiger partial charge in [-0.15, -0.1) is 0 Å². The molecule has 2 N–H and O–H groups in total. The van der Waals surface area contributed by atoms with Gasteiger partial charge in [0.2, 0.25) is 0 Å². The molecular formula is C18H28N2O3. The summed E-state index contributed by atoms with van der Waals surface area (Å²) in [5, 5.41) is 0. The highest BCUT2D eigenvalue weighted by Crippen LogP contribution is 2.38. The lowest BCUT2D eigenvalue weighted by atomic mass is 9.99. The molecule has 23 heavy (non-hydrogen) atoms. The predicted octanol–water partition coefficient (Wildman–Crippen LogP) is 2.20. The van der Waals surface area contributed by atoms with E-state index < -0.39 is 0 Å². The van der Waals surface area contributed by atoms with Crippen molar-refractivity contribution in [2.24, 2.45) is 11.7 Å². The topological polar surface area (TPSA) is 57.0 Å². The summed E-state index contributed by atoms with van der Waals surface area (Å²) in [6, 6.07) is 6.74. The minimum absolute atomic E-state index is 0.222. The van der Waals surface area contributed by atoms with E-state index in [0.717, 1.165) is 57.1 Å². The molecule has 2 aliphatic rings. The van der Waals surface area contributed by atoms with Crippen LogP contribution in [0.5, 0.6) is 11.5 Å². The third kappa shape index (κ3) is 3.79. The molecule has 0 aliphatic carbocycles. The highest BCUT2D eigenvalue weighted by molar-refractivity contribution is 5.44. The van der Waals surface area contributed by atoms with E-state index in [4.69, 9.17) is 19.9 Å². The number of hydrogen-bond acceptors (Lipinski definition) is 5. The molecule has 1 aromatic carbocycles. The Labute approximate surface area is 138 Å². The van der Waals surface area contributed by atoms with E-state index in [1.54, 1.807) is 7.11 Å². The quantitative estimate of drug-likeness (QED) is 0.901. The lowest BCUT2D eigenvalue weighted by Crippen LogP contribution is -2.26. The number of ether oxygens (including phenoxy) is 3. The van der Waals surface area contributed by atoms with E-state index >= 15 is 0 Å². The first kappa shape index (κ1) is 16.6. The second-order valence-corrected chi connectivity index (χ2v) is 6.63. The highest BCUT2D eigenvalue weighted by atomic mass is 16.5. The van der Waals surface area contributed by atoms with Gasteiger partial charge in [0.15, 0.2) is 11.5 Å². The van der Waals surface area contributed by atoms with Crippen LogP contribution in [0.1, 0.15) is 30.9 Å². The van der Waals surface area contributed by atoms with Crippen LogP contribution in [0.25, 0.3) is 0 Å². The zero-order chi connectivity index (χ0) is 16.2. The van der Waals surface area contributed by atoms with Crippen molar-refractivity contribution >= 4 is 0 Å². The van der Waals surface area contributed by atoms with Crippen molar-refractivity contribution in [3.8, 4) is 11.5 Å². The van der Waals surface area contributed by atoms with Crippen LogP contribution in [0.15, 0.2) is 18.2 Å². The Morgan fingerprint density at radius 3 is 2.70 bits per heavy atom. The lowest BCUT2D eigenvalue weighted by molar-refractivity contribution is 0.0245. The minimum Gasteiger partial charge on any atom is -0.493 e. The van der Waals surface area contributed by atoms with E-state index in [1.807, 2.05) is 6.07 Å². The second-order valence-electron chi connectivity index (χ2n) is 6.63. The molecule has 2 heterocycles. The normalized spacial score (nSPS) is 26.4. The van der Waals surface area contributed by atoms with Crippen molar-refractivity contribution in [3.05, 3.63) is 23.8 Å². The Balaban J connectivity index is 1.74. The average Bonchev–Trinajstić information content (AvgIpc) is 2.97. The zero-order valence-corrected chi connectivity index (χ0v) is 14.2. The van der Waals surface area contributed by atoms with Crippen molar-refractivity contribution in [2.75, 3.05) is 40.5 Å². The zero-order valence-electron chi connectivity index (χ0n) is 14.2. The Morgan fingerprint density at radius 2 is 2.04 bits per heavy atom. The van der Waals surface area contributed by atoms with Gasteiger partial charge in [0.05, 0.1) is 20.3 Å². The molecule has 5 heteroatoms. The van der Waals surface area contributed by atoms with E-state index in [9.17, 15) is 0 Å². The van der Waals surface area contributed by atoms with Gasteiger partial charge in [0, 0.05) is 25.4 Å². The van der Waals surface area contributed by atoms with Crippen LogP contribution < -0.4 is 15.2 Å². The van der Waals surface area contributed by atoms with Crippen molar-refractivity contribution in [1.82, 2.24) is 4.90 Å². The minimum atomic E-state index is 0.222. The maximum atomic E-state index is 6.13. The summed E-state index contributed by atoms with van der Waals surface area (Å²) >= 11 is 0. The molecule has 0 spiro atoms. The third-order valence-corrected chi connectivity index (χ3v) is 5.00. The largest absolute Gasteiger partial charge is 0.493 e. The van der Waals surface area contributed by atoms with Gasteiger partial charge in [-0.3, -0.25) is 4.90 Å². The molecule has 2 unspecified atom stereocenters. The predicted molar refractivity (Wildman–Crippen MR) is 90.0 cm³/mol. The van der Waals surface area contributed by atoms with Crippen LogP contribution >= 0.6 is 0 Å². The Hall–Kier alpha value is -1.30. The Morgan fingerprint density at radius 1 is 1.26 bits per heavy atom. The van der Waals surface area contributed by atoms with Crippen molar-refractivity contribution in [1.29, 1.82) is 0 Å². The second kappa shape index (κ2) is 7.51. The summed E-state index contributed by atoms with van der Waals surface area (Å²) in [6.45, 7) is 3.36. The SMILES string of the molecule is COc1cc(C2CC(CN)CN2C)ccc1OC1CCOCC1. The van der Waals surface area contributed by atoms with Crippen LogP contribution in [0, 0.1) is 5.92 Å². The van der Waals surface area contributed by atoms with Gasteiger partial charge in [-0.2, -0.15) is 0 Å². The molecule has 2 fully saturated rings. The van der Waals surface area contributed by atoms with Crippen molar-refractivity contribution in [2.45, 2.75) is 31.4 Å². The monoisotopic (exact) mass is 320 g/mol. The summed E-state index contributed by atoms with van der Waals surface area (Å²) in [5.41, 5.74) is 7.12. The van der Waals surface area contributed by atoms with Gasteiger partial charge in [-0.1, -0.05) is 6.07 Å². The first-order chi connectivity index (χ1) is 11.2. The molecule has 2 atom stereocenters. The van der Waals surface area contributed by atoms with Crippen LogP contribution in [-0.4, -0.2) is 51.5 Å². The number of rotatable bonds is 5. The van der Waals surface area contributed by atoms with Crippen LogP contribution in [-0.2, 0) is 4.74 Å². The maximum Gasteiger partial charge on any atom is 0.161 e. The van der Waals surface area contributed by atoms with Gasteiger partial charge < -0.3 is 19.9 Å². The van der Waals surface area contributed by atoms with E-state index in [1.165, 1.54) is 5.56 Å². The molecule has 128 valence electrons. The molecule has 0 radical (unpaired) electrons. The first-order valence-corrected chi connectivity index (χ1v) is 8.54.